The first-order chi connectivity index (χ1) is 15.9. The lowest BCUT2D eigenvalue weighted by Crippen LogP contribution is -2.54. The quantitative estimate of drug-likeness (QED) is 0.565. The third-order valence-corrected chi connectivity index (χ3v) is 6.56. The molecule has 2 fully saturated rings. The van der Waals surface area contributed by atoms with E-state index in [0.717, 1.165) is 36.9 Å². The number of anilines is 1. The minimum absolute atomic E-state index is 0.0167. The van der Waals surface area contributed by atoms with Gasteiger partial charge in [0.1, 0.15) is 11.9 Å². The maximum absolute atomic E-state index is 13.1. The Morgan fingerprint density at radius 2 is 1.64 bits per heavy atom. The molecular formula is C25H29FN4O2S. The highest BCUT2D eigenvalue weighted by atomic mass is 32.1. The number of benzene rings is 2. The zero-order valence-corrected chi connectivity index (χ0v) is 19.5. The van der Waals surface area contributed by atoms with Crippen LogP contribution in [0.3, 0.4) is 0 Å². The van der Waals surface area contributed by atoms with Crippen molar-refractivity contribution in [3.8, 4) is 0 Å². The highest BCUT2D eigenvalue weighted by Gasteiger charge is 2.35. The number of halogens is 1. The molecule has 0 unspecified atom stereocenters. The van der Waals surface area contributed by atoms with E-state index in [0.29, 0.717) is 23.8 Å². The summed E-state index contributed by atoms with van der Waals surface area (Å²) in [6, 6.07) is 13.0. The summed E-state index contributed by atoms with van der Waals surface area (Å²) < 4.78 is 13.1. The smallest absolute Gasteiger partial charge is 0.251 e. The molecule has 2 aliphatic rings. The number of hydrogen-bond acceptors (Lipinski definition) is 3. The van der Waals surface area contributed by atoms with E-state index in [1.165, 1.54) is 12.1 Å². The fourth-order valence-corrected chi connectivity index (χ4v) is 4.32. The Balaban J connectivity index is 1.37. The lowest BCUT2D eigenvalue weighted by atomic mass is 9.88. The molecule has 0 spiro atoms. The molecule has 8 heteroatoms. The molecule has 0 radical (unpaired) electrons. The SMILES string of the molecule is Cc1ccc(C(=O)N[C@@H](C(=O)NC2CC2)C2CCN(C(=S)Nc3ccc(F)cc3)CC2)cc1. The molecule has 6 nitrogen and oxygen atoms in total. The number of hydrogen-bond donors (Lipinski definition) is 3. The van der Waals surface area contributed by atoms with Crippen LogP contribution in [0.5, 0.6) is 0 Å². The Kier molecular flexibility index (Phi) is 7.23. The number of piperidine rings is 1. The monoisotopic (exact) mass is 468 g/mol. The van der Waals surface area contributed by atoms with Crippen LogP contribution in [0.15, 0.2) is 48.5 Å². The number of rotatable bonds is 6. The van der Waals surface area contributed by atoms with Gasteiger partial charge in [0.25, 0.3) is 5.91 Å². The van der Waals surface area contributed by atoms with Crippen LogP contribution < -0.4 is 16.0 Å². The summed E-state index contributed by atoms with van der Waals surface area (Å²) in [5, 5.41) is 9.76. The van der Waals surface area contributed by atoms with Gasteiger partial charge in [-0.3, -0.25) is 9.59 Å². The van der Waals surface area contributed by atoms with Crippen LogP contribution in [0.4, 0.5) is 10.1 Å². The molecule has 2 aromatic carbocycles. The molecular weight excluding hydrogens is 439 g/mol. The van der Waals surface area contributed by atoms with Gasteiger partial charge in [0.05, 0.1) is 0 Å². The number of amides is 2. The Morgan fingerprint density at radius 1 is 1.00 bits per heavy atom. The number of likely N-dealkylation sites (tertiary alicyclic amines) is 1. The number of thiocarbonyl (C=S) groups is 1. The van der Waals surface area contributed by atoms with Crippen LogP contribution in [0.2, 0.25) is 0 Å². The molecule has 1 aliphatic carbocycles. The first-order valence-electron chi connectivity index (χ1n) is 11.4. The second-order valence-corrected chi connectivity index (χ2v) is 9.25. The normalized spacial score (nSPS) is 17.2. The summed E-state index contributed by atoms with van der Waals surface area (Å²) in [5.41, 5.74) is 2.36. The van der Waals surface area contributed by atoms with Crippen molar-refractivity contribution in [2.24, 2.45) is 5.92 Å². The van der Waals surface area contributed by atoms with E-state index in [9.17, 15) is 14.0 Å². The van der Waals surface area contributed by atoms with Crippen molar-refractivity contribution >= 4 is 34.8 Å². The minimum Gasteiger partial charge on any atom is -0.352 e. The van der Waals surface area contributed by atoms with Gasteiger partial charge in [-0.05, 0) is 87.1 Å². The van der Waals surface area contributed by atoms with Crippen LogP contribution >= 0.6 is 12.2 Å². The van der Waals surface area contributed by atoms with E-state index in [-0.39, 0.29) is 29.6 Å². The molecule has 4 rings (SSSR count). The van der Waals surface area contributed by atoms with Gasteiger partial charge in [-0.15, -0.1) is 0 Å². The lowest BCUT2D eigenvalue weighted by molar-refractivity contribution is -0.124. The van der Waals surface area contributed by atoms with Crippen LogP contribution in [-0.2, 0) is 4.79 Å². The van der Waals surface area contributed by atoms with Crippen LogP contribution in [-0.4, -0.2) is 47.0 Å². The summed E-state index contributed by atoms with van der Waals surface area (Å²) >= 11 is 5.53. The van der Waals surface area contributed by atoms with E-state index in [4.69, 9.17) is 12.2 Å². The van der Waals surface area contributed by atoms with Gasteiger partial charge in [-0.25, -0.2) is 4.39 Å². The number of nitrogens with zero attached hydrogens (tertiary/aromatic N) is 1. The number of carbonyl (C=O) groups excluding carboxylic acids is 2. The maximum Gasteiger partial charge on any atom is 0.251 e. The molecule has 33 heavy (non-hydrogen) atoms. The largest absolute Gasteiger partial charge is 0.352 e. The van der Waals surface area contributed by atoms with Crippen molar-refractivity contribution in [3.63, 3.8) is 0 Å². The second kappa shape index (κ2) is 10.3. The minimum atomic E-state index is -0.583. The first kappa shape index (κ1) is 23.2. The van der Waals surface area contributed by atoms with Gasteiger partial charge < -0.3 is 20.9 Å². The van der Waals surface area contributed by atoms with Crippen LogP contribution in [0.1, 0.15) is 41.6 Å². The number of aryl methyl sites for hydroxylation is 1. The topological polar surface area (TPSA) is 73.5 Å². The van der Waals surface area contributed by atoms with Crippen LogP contribution in [0, 0.1) is 18.7 Å². The van der Waals surface area contributed by atoms with E-state index in [1.807, 2.05) is 24.0 Å². The van der Waals surface area contributed by atoms with Gasteiger partial charge in [0.15, 0.2) is 5.11 Å². The average Bonchev–Trinajstić information content (AvgIpc) is 3.63. The molecule has 0 bridgehead atoms. The maximum atomic E-state index is 13.1. The lowest BCUT2D eigenvalue weighted by Gasteiger charge is -2.37. The van der Waals surface area contributed by atoms with Gasteiger partial charge in [-0.1, -0.05) is 17.7 Å². The molecule has 2 aromatic rings. The summed E-state index contributed by atoms with van der Waals surface area (Å²) in [5.74, 6) is -0.621. The summed E-state index contributed by atoms with van der Waals surface area (Å²) in [4.78, 5) is 27.9. The molecule has 0 aromatic heterocycles. The van der Waals surface area contributed by atoms with Crippen molar-refractivity contribution in [1.29, 1.82) is 0 Å². The molecule has 1 saturated carbocycles. The molecule has 1 aliphatic heterocycles. The molecule has 2 amide bonds. The van der Waals surface area contributed by atoms with E-state index in [1.54, 1.807) is 24.3 Å². The molecule has 1 heterocycles. The summed E-state index contributed by atoms with van der Waals surface area (Å²) in [6.07, 6.45) is 3.43. The van der Waals surface area contributed by atoms with Gasteiger partial charge in [0.2, 0.25) is 5.91 Å². The third-order valence-electron chi connectivity index (χ3n) is 6.20. The predicted octanol–water partition coefficient (Wildman–Crippen LogP) is 3.62. The Hall–Kier alpha value is -3.00. The Bertz CT molecular complexity index is 1000. The number of nitrogens with one attached hydrogen (secondary N) is 3. The zero-order valence-electron chi connectivity index (χ0n) is 18.6. The zero-order chi connectivity index (χ0) is 23.4. The van der Waals surface area contributed by atoms with Crippen molar-refractivity contribution in [2.75, 3.05) is 18.4 Å². The standard InChI is InChI=1S/C25H29FN4O2S/c1-16-2-4-18(5-3-16)23(31)29-22(24(32)27-20-10-11-20)17-12-14-30(15-13-17)25(33)28-21-8-6-19(26)7-9-21/h2-9,17,20,22H,10-15H2,1H3,(H,27,32)(H,28,33)(H,29,31)/t22-/m1/s1. The predicted molar refractivity (Wildman–Crippen MR) is 131 cm³/mol. The molecule has 174 valence electrons. The second-order valence-electron chi connectivity index (χ2n) is 8.86. The Morgan fingerprint density at radius 3 is 2.24 bits per heavy atom. The fourth-order valence-electron chi connectivity index (χ4n) is 4.02. The van der Waals surface area contributed by atoms with Gasteiger partial charge in [-0.2, -0.15) is 0 Å². The van der Waals surface area contributed by atoms with E-state index in [2.05, 4.69) is 16.0 Å². The first-order valence-corrected chi connectivity index (χ1v) is 11.8. The van der Waals surface area contributed by atoms with Crippen molar-refractivity contribution < 1.29 is 14.0 Å². The van der Waals surface area contributed by atoms with Crippen molar-refractivity contribution in [2.45, 2.75) is 44.7 Å². The van der Waals surface area contributed by atoms with E-state index >= 15 is 0 Å². The fraction of sp³-hybridized carbons (Fsp3) is 0.400. The third kappa shape index (κ3) is 6.28. The summed E-state index contributed by atoms with van der Waals surface area (Å²) in [7, 11) is 0. The average molecular weight is 469 g/mol. The molecule has 3 N–H and O–H groups in total. The van der Waals surface area contributed by atoms with Crippen LogP contribution in [0.25, 0.3) is 0 Å². The van der Waals surface area contributed by atoms with Crippen molar-refractivity contribution in [3.05, 3.63) is 65.5 Å². The van der Waals surface area contributed by atoms with Gasteiger partial charge >= 0.3 is 0 Å². The molecule has 1 atom stereocenters. The number of carbonyl (C=O) groups is 2. The van der Waals surface area contributed by atoms with E-state index < -0.39 is 6.04 Å². The van der Waals surface area contributed by atoms with Crippen molar-refractivity contribution in [1.82, 2.24) is 15.5 Å². The van der Waals surface area contributed by atoms with Gasteiger partial charge in [0, 0.05) is 30.4 Å². The highest BCUT2D eigenvalue weighted by molar-refractivity contribution is 7.80. The Labute approximate surface area is 198 Å². The highest BCUT2D eigenvalue weighted by Crippen LogP contribution is 2.25. The molecule has 1 saturated heterocycles. The summed E-state index contributed by atoms with van der Waals surface area (Å²) in [6.45, 7) is 3.31.